The van der Waals surface area contributed by atoms with E-state index in [0.29, 0.717) is 37.7 Å². The first kappa shape index (κ1) is 25.6. The summed E-state index contributed by atoms with van der Waals surface area (Å²) in [6.07, 6.45) is 2.26. The van der Waals surface area contributed by atoms with E-state index in [1.165, 1.54) is 6.07 Å². The maximum atomic E-state index is 12.9. The van der Waals surface area contributed by atoms with Gasteiger partial charge in [0.05, 0.1) is 28.7 Å². The Hall–Kier alpha value is -3.07. The van der Waals surface area contributed by atoms with Gasteiger partial charge in [-0.25, -0.2) is 13.2 Å². The lowest BCUT2D eigenvalue weighted by Gasteiger charge is -2.34. The zero-order valence-corrected chi connectivity index (χ0v) is 20.6. The molecule has 2 N–H and O–H groups in total. The highest BCUT2D eigenvalue weighted by atomic mass is 32.2. The van der Waals surface area contributed by atoms with E-state index in [2.05, 4.69) is 18.6 Å². The first-order valence-corrected chi connectivity index (χ1v) is 13.0. The number of sulfonamides is 1. The Bertz CT molecular complexity index is 1130. The van der Waals surface area contributed by atoms with Crippen LogP contribution in [0.5, 0.6) is 0 Å². The van der Waals surface area contributed by atoms with Gasteiger partial charge in [0.15, 0.2) is 0 Å². The largest absolute Gasteiger partial charge is 0.478 e. The maximum absolute atomic E-state index is 12.9. The maximum Gasteiger partial charge on any atom is 0.337 e. The van der Waals surface area contributed by atoms with E-state index in [0.717, 1.165) is 18.4 Å². The van der Waals surface area contributed by atoms with Crippen LogP contribution in [0.3, 0.4) is 0 Å². The van der Waals surface area contributed by atoms with Crippen LogP contribution in [0.1, 0.15) is 49.5 Å². The van der Waals surface area contributed by atoms with Gasteiger partial charge in [-0.2, -0.15) is 0 Å². The summed E-state index contributed by atoms with van der Waals surface area (Å²) in [5.74, 6) is -1.33. The zero-order chi connectivity index (χ0) is 24.9. The van der Waals surface area contributed by atoms with Crippen LogP contribution in [-0.2, 0) is 26.0 Å². The van der Waals surface area contributed by atoms with E-state index in [1.807, 2.05) is 4.90 Å². The van der Waals surface area contributed by atoms with Gasteiger partial charge in [0.2, 0.25) is 0 Å². The first-order valence-electron chi connectivity index (χ1n) is 11.5. The van der Waals surface area contributed by atoms with Crippen molar-refractivity contribution in [1.29, 1.82) is 0 Å². The molecule has 3 rings (SSSR count). The molecule has 1 aliphatic rings. The number of piperidine rings is 1. The Morgan fingerprint density at radius 2 is 1.88 bits per heavy atom. The number of esters is 1. The number of carbonyl (C=O) groups is 2. The minimum Gasteiger partial charge on any atom is -0.478 e. The van der Waals surface area contributed by atoms with Gasteiger partial charge in [-0.05, 0) is 68.0 Å². The van der Waals surface area contributed by atoms with Crippen molar-refractivity contribution in [3.05, 3.63) is 53.6 Å². The minimum atomic E-state index is -3.88. The Labute approximate surface area is 201 Å². The van der Waals surface area contributed by atoms with Crippen LogP contribution in [0, 0.1) is 11.8 Å². The number of nitrogens with zero attached hydrogens (tertiary/aromatic N) is 1. The molecule has 8 nitrogen and oxygen atoms in total. The van der Waals surface area contributed by atoms with Crippen molar-refractivity contribution in [3.63, 3.8) is 0 Å². The summed E-state index contributed by atoms with van der Waals surface area (Å²) in [5, 5.41) is 9.80. The van der Waals surface area contributed by atoms with Crippen molar-refractivity contribution in [1.82, 2.24) is 0 Å². The van der Waals surface area contributed by atoms with Crippen LogP contribution in [-0.4, -0.2) is 45.2 Å². The number of nitrogens with one attached hydrogen (secondary N) is 1. The average Bonchev–Trinajstić information content (AvgIpc) is 2.79. The first-order chi connectivity index (χ1) is 16.1. The van der Waals surface area contributed by atoms with Gasteiger partial charge in [-0.15, -0.1) is 0 Å². The number of hydrogen-bond acceptors (Lipinski definition) is 6. The van der Waals surface area contributed by atoms with Gasteiger partial charge >= 0.3 is 11.9 Å². The second-order valence-electron chi connectivity index (χ2n) is 8.92. The molecule has 1 saturated heterocycles. The normalized spacial score (nSPS) is 16.4. The smallest absolute Gasteiger partial charge is 0.337 e. The van der Waals surface area contributed by atoms with Crippen molar-refractivity contribution in [3.8, 4) is 0 Å². The number of aromatic carboxylic acids is 1. The lowest BCUT2D eigenvalue weighted by atomic mass is 9.97. The Morgan fingerprint density at radius 3 is 2.50 bits per heavy atom. The molecule has 0 aliphatic carbocycles. The van der Waals surface area contributed by atoms with Crippen molar-refractivity contribution in [2.45, 2.75) is 44.9 Å². The summed E-state index contributed by atoms with van der Waals surface area (Å²) in [4.78, 5) is 26.1. The van der Waals surface area contributed by atoms with Crippen molar-refractivity contribution >= 4 is 33.3 Å². The molecule has 1 unspecified atom stereocenters. The van der Waals surface area contributed by atoms with Crippen LogP contribution in [0.25, 0.3) is 0 Å². The Kier molecular flexibility index (Phi) is 8.19. The van der Waals surface area contributed by atoms with Crippen LogP contribution in [0.15, 0.2) is 47.4 Å². The fraction of sp³-hybridized carbons (Fsp3) is 0.440. The molecule has 1 aliphatic heterocycles. The average molecular weight is 489 g/mol. The fourth-order valence-corrected chi connectivity index (χ4v) is 5.23. The molecule has 0 aromatic heterocycles. The van der Waals surface area contributed by atoms with Crippen LogP contribution in [0.4, 0.5) is 11.4 Å². The van der Waals surface area contributed by atoms with Gasteiger partial charge in [-0.1, -0.05) is 26.0 Å². The second-order valence-corrected chi connectivity index (χ2v) is 10.6. The van der Waals surface area contributed by atoms with E-state index < -0.39 is 16.0 Å². The van der Waals surface area contributed by atoms with Gasteiger partial charge in [-0.3, -0.25) is 9.52 Å². The predicted octanol–water partition coefficient (Wildman–Crippen LogP) is 4.16. The zero-order valence-electron chi connectivity index (χ0n) is 19.8. The molecule has 1 heterocycles. The molecular weight excluding hydrogens is 456 g/mol. The number of benzene rings is 2. The number of carboxylic acids is 1. The molecule has 0 saturated carbocycles. The molecule has 2 aromatic carbocycles. The number of rotatable bonds is 9. The lowest BCUT2D eigenvalue weighted by Crippen LogP contribution is -2.40. The van der Waals surface area contributed by atoms with Gasteiger partial charge < -0.3 is 14.7 Å². The Balaban J connectivity index is 1.81. The molecule has 0 bridgehead atoms. The van der Waals surface area contributed by atoms with Gasteiger partial charge in [0, 0.05) is 18.8 Å². The molecule has 9 heteroatoms. The number of anilines is 2. The third-order valence-electron chi connectivity index (χ3n) is 5.74. The van der Waals surface area contributed by atoms with Crippen molar-refractivity contribution in [2.24, 2.45) is 11.8 Å². The standard InChI is InChI=1S/C25H32N2O6S/c1-4-33-25(30)19-6-5-13-27(16-19)23-12-9-20(15-22(23)24(28)29)26-34(31,32)21-10-7-18(8-11-21)14-17(2)3/h7-12,15,17,19,26H,4-6,13-14,16H2,1-3H3,(H,28,29). The second kappa shape index (κ2) is 10.9. The molecule has 0 spiro atoms. The van der Waals surface area contributed by atoms with E-state index in [9.17, 15) is 23.1 Å². The number of hydrogen-bond donors (Lipinski definition) is 2. The van der Waals surface area contributed by atoms with Gasteiger partial charge in [0.1, 0.15) is 0 Å². The highest BCUT2D eigenvalue weighted by molar-refractivity contribution is 7.92. The summed E-state index contributed by atoms with van der Waals surface area (Å²) in [6.45, 7) is 7.19. The molecule has 34 heavy (non-hydrogen) atoms. The Morgan fingerprint density at radius 1 is 1.18 bits per heavy atom. The molecule has 184 valence electrons. The minimum absolute atomic E-state index is 0.0306. The SMILES string of the molecule is CCOC(=O)C1CCCN(c2ccc(NS(=O)(=O)c3ccc(CC(C)C)cc3)cc2C(=O)O)C1. The summed E-state index contributed by atoms with van der Waals surface area (Å²) in [5.41, 5.74) is 1.62. The molecular formula is C25H32N2O6S. The van der Waals surface area contributed by atoms with E-state index >= 15 is 0 Å². The van der Waals surface area contributed by atoms with Crippen molar-refractivity contribution < 1.29 is 27.9 Å². The summed E-state index contributed by atoms with van der Waals surface area (Å²) < 4.78 is 33.3. The fourth-order valence-electron chi connectivity index (χ4n) is 4.19. The highest BCUT2D eigenvalue weighted by Gasteiger charge is 2.29. The molecule has 1 fully saturated rings. The predicted molar refractivity (Wildman–Crippen MR) is 131 cm³/mol. The van der Waals surface area contributed by atoms with Crippen LogP contribution >= 0.6 is 0 Å². The third-order valence-corrected chi connectivity index (χ3v) is 7.14. The molecule has 0 amide bonds. The number of carbonyl (C=O) groups excluding carboxylic acids is 1. The summed E-state index contributed by atoms with van der Waals surface area (Å²) in [7, 11) is -3.88. The van der Waals surface area contributed by atoms with E-state index in [-0.39, 0.29) is 28.0 Å². The lowest BCUT2D eigenvalue weighted by molar-refractivity contribution is -0.148. The molecule has 0 radical (unpaired) electrons. The van der Waals surface area contributed by atoms with Crippen LogP contribution < -0.4 is 9.62 Å². The topological polar surface area (TPSA) is 113 Å². The van der Waals surface area contributed by atoms with E-state index in [1.54, 1.807) is 43.3 Å². The summed E-state index contributed by atoms with van der Waals surface area (Å²) in [6, 6.07) is 11.1. The quantitative estimate of drug-likeness (QED) is 0.510. The van der Waals surface area contributed by atoms with Crippen LogP contribution in [0.2, 0.25) is 0 Å². The highest BCUT2D eigenvalue weighted by Crippen LogP contribution is 2.30. The van der Waals surface area contributed by atoms with Crippen molar-refractivity contribution in [2.75, 3.05) is 29.3 Å². The number of ether oxygens (including phenoxy) is 1. The van der Waals surface area contributed by atoms with E-state index in [4.69, 9.17) is 4.74 Å². The van der Waals surface area contributed by atoms with Gasteiger partial charge in [0.25, 0.3) is 10.0 Å². The summed E-state index contributed by atoms with van der Waals surface area (Å²) >= 11 is 0. The number of carboxylic acid groups (broad SMARTS) is 1. The molecule has 2 aromatic rings. The third kappa shape index (κ3) is 6.28. The molecule has 1 atom stereocenters. The monoisotopic (exact) mass is 488 g/mol.